The normalized spacial score (nSPS) is 19.3. The van der Waals surface area contributed by atoms with Crippen LogP contribution >= 0.6 is 22.6 Å². The van der Waals surface area contributed by atoms with E-state index < -0.39 is 17.3 Å². The molecule has 4 rings (SSSR count). The molecule has 6 nitrogen and oxygen atoms in total. The molecule has 1 aromatic carbocycles. The van der Waals surface area contributed by atoms with Crippen LogP contribution in [0.2, 0.25) is 0 Å². The molecule has 32 heavy (non-hydrogen) atoms. The van der Waals surface area contributed by atoms with Gasteiger partial charge in [0.1, 0.15) is 11.5 Å². The average molecular weight is 550 g/mol. The van der Waals surface area contributed by atoms with Crippen LogP contribution in [0.1, 0.15) is 67.3 Å². The summed E-state index contributed by atoms with van der Waals surface area (Å²) < 4.78 is 16.8. The van der Waals surface area contributed by atoms with Crippen LogP contribution in [-0.4, -0.2) is 30.2 Å². The Bertz CT molecular complexity index is 1150. The number of nitrogens with zero attached hydrogens (tertiary/aromatic N) is 3. The van der Waals surface area contributed by atoms with Gasteiger partial charge in [0.15, 0.2) is 0 Å². The van der Waals surface area contributed by atoms with Crippen molar-refractivity contribution in [3.8, 4) is 0 Å². The van der Waals surface area contributed by atoms with E-state index in [0.717, 1.165) is 29.7 Å². The number of amides is 1. The second-order valence-corrected chi connectivity index (χ2v) is 10.1. The highest BCUT2D eigenvalue weighted by Crippen LogP contribution is 2.36. The molecule has 0 unspecified atom stereocenters. The second kappa shape index (κ2) is 9.05. The number of aliphatic hydroxyl groups is 1. The van der Waals surface area contributed by atoms with Crippen molar-refractivity contribution in [1.29, 1.82) is 0 Å². The zero-order chi connectivity index (χ0) is 23.0. The van der Waals surface area contributed by atoms with Gasteiger partial charge in [0.2, 0.25) is 0 Å². The van der Waals surface area contributed by atoms with E-state index in [1.54, 1.807) is 13.8 Å². The summed E-state index contributed by atoms with van der Waals surface area (Å²) in [5.74, 6) is -0.119. The van der Waals surface area contributed by atoms with E-state index in [0.29, 0.717) is 17.3 Å². The summed E-state index contributed by atoms with van der Waals surface area (Å²) in [6.07, 6.45) is 6.67. The van der Waals surface area contributed by atoms with Crippen LogP contribution < -0.4 is 5.32 Å². The van der Waals surface area contributed by atoms with Gasteiger partial charge in [-0.25, -0.2) is 9.37 Å². The molecular weight excluding hydrogens is 522 g/mol. The molecule has 2 heterocycles. The van der Waals surface area contributed by atoms with Crippen LogP contribution in [0.3, 0.4) is 0 Å². The lowest BCUT2D eigenvalue weighted by Gasteiger charge is -2.27. The van der Waals surface area contributed by atoms with Crippen LogP contribution in [0.15, 0.2) is 30.5 Å². The highest BCUT2D eigenvalue weighted by molar-refractivity contribution is 14.1. The molecule has 0 spiro atoms. The molecule has 2 aromatic heterocycles. The molecule has 0 radical (unpaired) electrons. The van der Waals surface area contributed by atoms with Gasteiger partial charge >= 0.3 is 0 Å². The van der Waals surface area contributed by atoms with Gasteiger partial charge in [0, 0.05) is 27.3 Å². The number of pyridine rings is 1. The summed E-state index contributed by atoms with van der Waals surface area (Å²) in [5.41, 5.74) is 0.933. The lowest BCUT2D eigenvalue weighted by Crippen LogP contribution is -2.21. The zero-order valence-electron chi connectivity index (χ0n) is 18.5. The van der Waals surface area contributed by atoms with E-state index in [9.17, 15) is 14.3 Å². The molecule has 0 saturated heterocycles. The molecule has 1 aliphatic rings. The number of rotatable bonds is 5. The third-order valence-electron chi connectivity index (χ3n) is 6.23. The molecule has 8 heteroatoms. The van der Waals surface area contributed by atoms with Crippen LogP contribution in [0.25, 0.3) is 10.9 Å². The SMILES string of the molecule is Cc1nc(C(=O)Nc2cc3cn([C@H]4CC[C@H](CI)CC4)nc3cc2C(C)(C)O)ccc1F. The smallest absolute Gasteiger partial charge is 0.274 e. The van der Waals surface area contributed by atoms with Gasteiger partial charge < -0.3 is 10.4 Å². The fourth-order valence-corrected chi connectivity index (χ4v) is 5.19. The van der Waals surface area contributed by atoms with Gasteiger partial charge in [0.05, 0.1) is 22.9 Å². The van der Waals surface area contributed by atoms with Crippen molar-refractivity contribution in [2.75, 3.05) is 9.74 Å². The molecule has 1 aliphatic carbocycles. The Kier molecular flexibility index (Phi) is 6.53. The molecule has 3 aromatic rings. The zero-order valence-corrected chi connectivity index (χ0v) is 20.7. The number of fused-ring (bicyclic) bond motifs is 1. The predicted molar refractivity (Wildman–Crippen MR) is 132 cm³/mol. The summed E-state index contributed by atoms with van der Waals surface area (Å²) in [7, 11) is 0. The summed E-state index contributed by atoms with van der Waals surface area (Å²) in [6.45, 7) is 4.86. The highest BCUT2D eigenvalue weighted by Gasteiger charge is 2.26. The number of benzene rings is 1. The third kappa shape index (κ3) is 4.80. The number of nitrogens with one attached hydrogen (secondary N) is 1. The lowest BCUT2D eigenvalue weighted by atomic mass is 9.87. The van der Waals surface area contributed by atoms with Crippen molar-refractivity contribution < 1.29 is 14.3 Å². The molecule has 170 valence electrons. The first-order valence-corrected chi connectivity index (χ1v) is 12.4. The van der Waals surface area contributed by atoms with E-state index in [1.165, 1.54) is 36.3 Å². The number of aryl methyl sites for hydroxylation is 1. The Hall–Kier alpha value is -2.07. The molecule has 2 N–H and O–H groups in total. The second-order valence-electron chi connectivity index (χ2n) is 9.17. The van der Waals surface area contributed by atoms with E-state index in [1.807, 2.05) is 23.0 Å². The predicted octanol–water partition coefficient (Wildman–Crippen LogP) is 5.52. The molecule has 0 atom stereocenters. The van der Waals surface area contributed by atoms with Crippen LogP contribution in [0.4, 0.5) is 10.1 Å². The molecule has 1 fully saturated rings. The van der Waals surface area contributed by atoms with E-state index >= 15 is 0 Å². The number of aromatic nitrogens is 3. The van der Waals surface area contributed by atoms with Gasteiger partial charge in [-0.3, -0.25) is 9.48 Å². The molecule has 1 amide bonds. The number of carbonyl (C=O) groups is 1. The standard InChI is InChI=1S/C24H28FIN4O2/c1-14-19(25)8-9-20(27-14)23(31)28-22-10-16-13-30(17-6-4-15(12-26)5-7-17)29-21(16)11-18(22)24(2,3)32/h8-11,13,15,17,32H,4-7,12H2,1-3H3,(H,28,31)/t15-,17-. The maximum atomic E-state index is 13.5. The Labute approximate surface area is 200 Å². The van der Waals surface area contributed by atoms with Crippen molar-refractivity contribution in [2.24, 2.45) is 5.92 Å². The maximum Gasteiger partial charge on any atom is 0.274 e. The van der Waals surface area contributed by atoms with E-state index in [-0.39, 0.29) is 11.4 Å². The van der Waals surface area contributed by atoms with Crippen molar-refractivity contribution in [3.63, 3.8) is 0 Å². The number of carbonyl (C=O) groups excluding carboxylic acids is 1. The molecule has 0 aliphatic heterocycles. The van der Waals surface area contributed by atoms with Gasteiger partial charge in [-0.2, -0.15) is 5.10 Å². The molecular formula is C24H28FIN4O2. The Morgan fingerprint density at radius 3 is 2.62 bits per heavy atom. The van der Waals surface area contributed by atoms with Gasteiger partial charge in [-0.1, -0.05) is 22.6 Å². The average Bonchev–Trinajstić information content (AvgIpc) is 3.17. The first-order chi connectivity index (χ1) is 15.2. The molecule has 1 saturated carbocycles. The lowest BCUT2D eigenvalue weighted by molar-refractivity contribution is 0.0793. The number of hydrogen-bond acceptors (Lipinski definition) is 4. The van der Waals surface area contributed by atoms with E-state index in [2.05, 4.69) is 32.9 Å². The fraction of sp³-hybridized carbons (Fsp3) is 0.458. The van der Waals surface area contributed by atoms with Crippen molar-refractivity contribution in [2.45, 2.75) is 58.1 Å². The van der Waals surface area contributed by atoms with E-state index in [4.69, 9.17) is 5.10 Å². The first kappa shape index (κ1) is 23.1. The van der Waals surface area contributed by atoms with Gasteiger partial charge in [0.25, 0.3) is 5.91 Å². The Morgan fingerprint density at radius 1 is 1.28 bits per heavy atom. The number of halogens is 2. The quantitative estimate of drug-likeness (QED) is 0.324. The van der Waals surface area contributed by atoms with Crippen molar-refractivity contribution in [1.82, 2.24) is 14.8 Å². The number of anilines is 1. The molecule has 0 bridgehead atoms. The fourth-order valence-electron chi connectivity index (χ4n) is 4.31. The number of hydrogen-bond donors (Lipinski definition) is 2. The Morgan fingerprint density at radius 2 is 2.00 bits per heavy atom. The first-order valence-electron chi connectivity index (χ1n) is 10.9. The monoisotopic (exact) mass is 550 g/mol. The third-order valence-corrected chi connectivity index (χ3v) is 7.48. The maximum absolute atomic E-state index is 13.5. The summed E-state index contributed by atoms with van der Waals surface area (Å²) in [5, 5.41) is 19.3. The minimum Gasteiger partial charge on any atom is -0.386 e. The minimum absolute atomic E-state index is 0.119. The van der Waals surface area contributed by atoms with Crippen LogP contribution in [0.5, 0.6) is 0 Å². The van der Waals surface area contributed by atoms with Crippen LogP contribution in [-0.2, 0) is 5.60 Å². The van der Waals surface area contributed by atoms with Gasteiger partial charge in [-0.05, 0) is 76.6 Å². The Balaban J connectivity index is 1.66. The summed E-state index contributed by atoms with van der Waals surface area (Å²) in [4.78, 5) is 16.8. The number of alkyl halides is 1. The highest BCUT2D eigenvalue weighted by atomic mass is 127. The van der Waals surface area contributed by atoms with Crippen molar-refractivity contribution in [3.05, 3.63) is 53.2 Å². The topological polar surface area (TPSA) is 80.0 Å². The summed E-state index contributed by atoms with van der Waals surface area (Å²) in [6, 6.07) is 6.63. The van der Waals surface area contributed by atoms with Gasteiger partial charge in [-0.15, -0.1) is 0 Å². The summed E-state index contributed by atoms with van der Waals surface area (Å²) >= 11 is 2.47. The largest absolute Gasteiger partial charge is 0.386 e. The van der Waals surface area contributed by atoms with Crippen molar-refractivity contribution >= 4 is 45.1 Å². The minimum atomic E-state index is -1.19. The van der Waals surface area contributed by atoms with Crippen LogP contribution in [0, 0.1) is 18.7 Å².